The van der Waals surface area contributed by atoms with Crippen LogP contribution in [-0.2, 0) is 60.0 Å². The molecule has 3 fully saturated rings. The van der Waals surface area contributed by atoms with Gasteiger partial charge in [-0.25, -0.2) is 4.98 Å². The minimum absolute atomic E-state index is 0.145. The molecule has 3 saturated heterocycles. The van der Waals surface area contributed by atoms with Crippen LogP contribution in [0.4, 0.5) is 0 Å². The molecule has 6 aromatic heterocycles. The van der Waals surface area contributed by atoms with Crippen LogP contribution < -0.4 is 26.2 Å². The average Bonchev–Trinajstić information content (AvgIpc) is 2.46. The fourth-order valence-corrected chi connectivity index (χ4v) is 11.2. The average molecular weight is 1250 g/mol. The molecule has 0 saturated carbocycles. The first-order chi connectivity index (χ1) is 44.4. The minimum Gasteiger partial charge on any atom is -0.464 e. The van der Waals surface area contributed by atoms with E-state index >= 15 is 0 Å². The maximum absolute atomic E-state index is 12.3. The number of aliphatic hydroxyl groups excluding tert-OH is 1. The van der Waals surface area contributed by atoms with E-state index < -0.39 is 0 Å². The number of aromatic nitrogens is 9. The van der Waals surface area contributed by atoms with Gasteiger partial charge in [0.05, 0.1) is 30.3 Å². The van der Waals surface area contributed by atoms with Crippen LogP contribution >= 0.6 is 11.6 Å². The predicted octanol–water partition coefficient (Wildman–Crippen LogP) is 10.6. The zero-order valence-electron chi connectivity index (χ0n) is 52.8. The molecule has 1 N–H and O–H groups in total. The summed E-state index contributed by atoms with van der Waals surface area (Å²) in [6, 6.07) is 42.2. The molecule has 476 valence electrons. The molecule has 0 spiro atoms. The van der Waals surface area contributed by atoms with Crippen molar-refractivity contribution in [3.63, 3.8) is 0 Å². The number of benzene rings is 3. The summed E-state index contributed by atoms with van der Waals surface area (Å²) in [5.41, 5.74) is 11.6. The third kappa shape index (κ3) is 21.0. The van der Waals surface area contributed by atoms with Gasteiger partial charge in [-0.15, -0.1) is 0 Å². The quantitative estimate of drug-likeness (QED) is 0.0752. The SMILES string of the molecule is Cn1c(Cl)nc(-c2ccncc2)cc1=O.Cn1c(OCCc2ccc(CN3CCCCC3)cc2)nc(-c2ccncc2)cc1=O.Cn1c(OCCc2ccc(CN3CCCCC3)cc2)nc(-c2ccncc2)cc1=O.OCCc1ccc(CN2CCCCC2)cc1. The third-order valence-electron chi connectivity index (χ3n) is 16.5. The monoisotopic (exact) mass is 1250 g/mol. The van der Waals surface area contributed by atoms with E-state index in [1.165, 1.54) is 162 Å². The number of likely N-dealkylation sites (tertiary alicyclic amines) is 3. The standard InChI is InChI=1S/2C24H28N4O2.C14H21NO.C10H8ClN3O/c2*1-27-23(29)17-22(21-9-12-25-13-10-21)26-24(27)30-16-11-19-5-7-20(8-6-19)18-28-14-3-2-4-15-28;16-11-8-13-4-6-14(7-5-13)12-15-9-2-1-3-10-15;1-14-9(15)6-8(13-10(14)11)7-2-4-12-5-3-7/h2*5-10,12-13,17H,2-4,11,14-16,18H2,1H3;4-7,16H,1-3,8-12H2;2-6H,1H3. The van der Waals surface area contributed by atoms with Gasteiger partial charge in [0.1, 0.15) is 0 Å². The Balaban J connectivity index is 0.000000150. The Kier molecular flexibility index (Phi) is 25.9. The Labute approximate surface area is 538 Å². The minimum atomic E-state index is -0.179. The molecule has 0 aliphatic carbocycles. The molecule has 9 heterocycles. The van der Waals surface area contributed by atoms with Crippen molar-refractivity contribution in [2.24, 2.45) is 21.1 Å². The summed E-state index contributed by atoms with van der Waals surface area (Å²) in [6.45, 7) is 11.6. The zero-order valence-corrected chi connectivity index (χ0v) is 53.5. The lowest BCUT2D eigenvalue weighted by Gasteiger charge is -2.26. The number of piperidine rings is 3. The number of hydrogen-bond acceptors (Lipinski definition) is 15. The van der Waals surface area contributed by atoms with Crippen LogP contribution in [0.1, 0.15) is 91.2 Å². The fraction of sp³-hybridized carbons (Fsp3) is 0.375. The van der Waals surface area contributed by atoms with Gasteiger partial charge < -0.3 is 14.6 Å². The maximum atomic E-state index is 12.3. The van der Waals surface area contributed by atoms with Crippen molar-refractivity contribution in [3.05, 3.63) is 234 Å². The van der Waals surface area contributed by atoms with Gasteiger partial charge in [0, 0.05) is 132 Å². The van der Waals surface area contributed by atoms with E-state index in [4.69, 9.17) is 26.2 Å². The number of hydrogen-bond donors (Lipinski definition) is 1. The first-order valence-corrected chi connectivity index (χ1v) is 32.2. The number of rotatable bonds is 19. The van der Waals surface area contributed by atoms with Crippen LogP contribution in [-0.4, -0.2) is 123 Å². The van der Waals surface area contributed by atoms with Crippen molar-refractivity contribution in [2.75, 3.05) is 59.1 Å². The second kappa shape index (κ2) is 35.2. The van der Waals surface area contributed by atoms with Gasteiger partial charge in [-0.1, -0.05) is 92.1 Å². The lowest BCUT2D eigenvalue weighted by Crippen LogP contribution is -2.29. The number of nitrogens with zero attached hydrogens (tertiary/aromatic N) is 12. The number of halogens is 1. The van der Waals surface area contributed by atoms with E-state index in [0.717, 1.165) is 55.6 Å². The topological polar surface area (TPSA) is 192 Å². The normalized spacial score (nSPS) is 14.4. The first-order valence-electron chi connectivity index (χ1n) is 31.8. The summed E-state index contributed by atoms with van der Waals surface area (Å²) in [7, 11) is 4.93. The number of pyridine rings is 3. The molecule has 0 bridgehead atoms. The molecule has 0 amide bonds. The molecule has 19 heteroatoms. The summed E-state index contributed by atoms with van der Waals surface area (Å²) in [4.78, 5) is 68.7. The van der Waals surface area contributed by atoms with Gasteiger partial charge in [-0.3, -0.25) is 57.7 Å². The maximum Gasteiger partial charge on any atom is 0.299 e. The summed E-state index contributed by atoms with van der Waals surface area (Å²) in [5.74, 6) is 0. The van der Waals surface area contributed by atoms with Crippen molar-refractivity contribution in [1.82, 2.24) is 58.3 Å². The van der Waals surface area contributed by atoms with Crippen molar-refractivity contribution < 1.29 is 14.6 Å². The molecule has 0 unspecified atom stereocenters. The van der Waals surface area contributed by atoms with Gasteiger partial charge in [-0.2, -0.15) is 9.97 Å². The van der Waals surface area contributed by atoms with Crippen molar-refractivity contribution in [2.45, 2.75) is 96.7 Å². The van der Waals surface area contributed by atoms with Crippen molar-refractivity contribution in [3.8, 4) is 45.8 Å². The van der Waals surface area contributed by atoms with Crippen molar-refractivity contribution >= 4 is 11.6 Å². The summed E-state index contributed by atoms with van der Waals surface area (Å²) in [6.07, 6.45) is 24.4. The lowest BCUT2D eigenvalue weighted by molar-refractivity contribution is 0.221. The Morgan fingerprint density at radius 3 is 0.978 bits per heavy atom. The Morgan fingerprint density at radius 1 is 0.385 bits per heavy atom. The second-order valence-corrected chi connectivity index (χ2v) is 23.6. The van der Waals surface area contributed by atoms with Crippen LogP contribution in [0.5, 0.6) is 12.0 Å². The largest absolute Gasteiger partial charge is 0.464 e. The fourth-order valence-electron chi connectivity index (χ4n) is 11.0. The lowest BCUT2D eigenvalue weighted by atomic mass is 10.1. The van der Waals surface area contributed by atoms with Crippen LogP contribution in [0.25, 0.3) is 33.8 Å². The molecule has 0 atom stereocenters. The summed E-state index contributed by atoms with van der Waals surface area (Å²) >= 11 is 5.81. The van der Waals surface area contributed by atoms with E-state index in [1.807, 2.05) is 24.3 Å². The summed E-state index contributed by atoms with van der Waals surface area (Å²) < 4.78 is 15.9. The van der Waals surface area contributed by atoms with E-state index in [9.17, 15) is 14.4 Å². The Hall–Kier alpha value is -8.52. The van der Waals surface area contributed by atoms with Gasteiger partial charge in [0.25, 0.3) is 28.7 Å². The second-order valence-electron chi connectivity index (χ2n) is 23.3. The van der Waals surface area contributed by atoms with Crippen molar-refractivity contribution in [1.29, 1.82) is 0 Å². The van der Waals surface area contributed by atoms with E-state index in [-0.39, 0.29) is 28.6 Å². The molecule has 3 aliphatic rings. The Morgan fingerprint density at radius 2 is 0.670 bits per heavy atom. The van der Waals surface area contributed by atoms with E-state index in [1.54, 1.807) is 70.5 Å². The van der Waals surface area contributed by atoms with Gasteiger partial charge in [0.2, 0.25) is 5.28 Å². The van der Waals surface area contributed by atoms with Crippen LogP contribution in [0, 0.1) is 0 Å². The number of aliphatic hydroxyl groups is 1. The highest BCUT2D eigenvalue weighted by atomic mass is 35.5. The third-order valence-corrected chi connectivity index (χ3v) is 16.8. The highest BCUT2D eigenvalue weighted by Crippen LogP contribution is 2.22. The van der Waals surface area contributed by atoms with Crippen LogP contribution in [0.3, 0.4) is 0 Å². The Bertz CT molecular complexity index is 3650. The molecular formula is C72H85ClN12O6. The van der Waals surface area contributed by atoms with Gasteiger partial charge in [0.15, 0.2) is 0 Å². The predicted molar refractivity (Wildman–Crippen MR) is 359 cm³/mol. The molecule has 9 aromatic rings. The van der Waals surface area contributed by atoms with Crippen LogP contribution in [0.15, 0.2) is 179 Å². The molecule has 3 aliphatic heterocycles. The van der Waals surface area contributed by atoms with Gasteiger partial charge >= 0.3 is 0 Å². The number of ether oxygens (including phenoxy) is 2. The highest BCUT2D eigenvalue weighted by Gasteiger charge is 2.15. The molecule has 18 nitrogen and oxygen atoms in total. The van der Waals surface area contributed by atoms with E-state index in [2.05, 4.69) is 117 Å². The summed E-state index contributed by atoms with van der Waals surface area (Å²) in [5, 5.41) is 9.02. The molecule has 12 rings (SSSR count). The first kappa shape index (κ1) is 66.9. The molecule has 0 radical (unpaired) electrons. The van der Waals surface area contributed by atoms with Gasteiger partial charge in [-0.05, 0) is 166 Å². The van der Waals surface area contributed by atoms with E-state index in [0.29, 0.717) is 42.3 Å². The van der Waals surface area contributed by atoms with Crippen LogP contribution in [0.2, 0.25) is 5.28 Å². The molecule has 3 aromatic carbocycles. The zero-order chi connectivity index (χ0) is 63.6. The smallest absolute Gasteiger partial charge is 0.299 e. The molecule has 91 heavy (non-hydrogen) atoms. The molecular weight excluding hydrogens is 1160 g/mol. The highest BCUT2D eigenvalue weighted by molar-refractivity contribution is 6.28.